The second kappa shape index (κ2) is 5.29. The van der Waals surface area contributed by atoms with Crippen LogP contribution in [0.25, 0.3) is 0 Å². The van der Waals surface area contributed by atoms with Gasteiger partial charge >= 0.3 is 12.2 Å². The molecule has 3 unspecified atom stereocenters. The Balaban J connectivity index is 1.79. The third-order valence-electron chi connectivity index (χ3n) is 5.55. The molecule has 2 bridgehead atoms. The molecule has 140 valence electrons. The summed E-state index contributed by atoms with van der Waals surface area (Å²) in [4.78, 5) is 39.8. The number of alkyl halides is 3. The molecule has 3 aliphatic heterocycles. The van der Waals surface area contributed by atoms with Gasteiger partial charge in [0.2, 0.25) is 0 Å². The van der Waals surface area contributed by atoms with E-state index < -0.39 is 46.9 Å². The Morgan fingerprint density at radius 1 is 1.37 bits per heavy atom. The lowest BCUT2D eigenvalue weighted by Crippen LogP contribution is -2.60. The molecule has 3 aliphatic rings. The topological polar surface area (TPSA) is 93.5 Å². The number of halogens is 3. The van der Waals surface area contributed by atoms with Crippen molar-refractivity contribution in [3.05, 3.63) is 29.3 Å². The SMILES string of the molecule is CC(=O)C12CNC(C1)C1C(=O)N(c3ccc(C#N)c(C(F)(F)F)c3)C(=O)N12. The molecule has 10 heteroatoms. The quantitative estimate of drug-likeness (QED) is 0.786. The normalized spacial score (nSPS) is 29.3. The van der Waals surface area contributed by atoms with Crippen molar-refractivity contribution in [2.24, 2.45) is 0 Å². The second-order valence-corrected chi connectivity index (χ2v) is 6.89. The molecule has 0 saturated carbocycles. The largest absolute Gasteiger partial charge is 0.417 e. The predicted octanol–water partition coefficient (Wildman–Crippen LogP) is 1.42. The predicted molar refractivity (Wildman–Crippen MR) is 84.5 cm³/mol. The number of rotatable bonds is 2. The van der Waals surface area contributed by atoms with Crippen molar-refractivity contribution >= 4 is 23.4 Å². The molecule has 3 amide bonds. The summed E-state index contributed by atoms with van der Waals surface area (Å²) < 4.78 is 39.7. The van der Waals surface area contributed by atoms with Gasteiger partial charge in [0.1, 0.15) is 11.6 Å². The zero-order valence-electron chi connectivity index (χ0n) is 14.0. The van der Waals surface area contributed by atoms with Crippen molar-refractivity contribution in [3.8, 4) is 6.07 Å². The molecule has 3 fully saturated rings. The van der Waals surface area contributed by atoms with Crippen molar-refractivity contribution in [1.82, 2.24) is 10.2 Å². The van der Waals surface area contributed by atoms with Gasteiger partial charge in [-0.1, -0.05) is 0 Å². The average molecular weight is 378 g/mol. The van der Waals surface area contributed by atoms with Crippen LogP contribution in [-0.4, -0.2) is 46.8 Å². The Morgan fingerprint density at radius 2 is 2.07 bits per heavy atom. The van der Waals surface area contributed by atoms with Crippen molar-refractivity contribution in [3.63, 3.8) is 0 Å². The Bertz CT molecular complexity index is 938. The third-order valence-corrected chi connectivity index (χ3v) is 5.55. The van der Waals surface area contributed by atoms with E-state index in [9.17, 15) is 27.6 Å². The van der Waals surface area contributed by atoms with Crippen LogP contribution in [0.2, 0.25) is 0 Å². The average Bonchev–Trinajstić information content (AvgIpc) is 3.25. The highest BCUT2D eigenvalue weighted by molar-refractivity contribution is 6.23. The second-order valence-electron chi connectivity index (χ2n) is 6.89. The van der Waals surface area contributed by atoms with Crippen LogP contribution in [0.5, 0.6) is 0 Å². The van der Waals surface area contributed by atoms with E-state index in [1.54, 1.807) is 0 Å². The number of Topliss-reactive ketones (excluding diaryl/α,β-unsaturated/α-hetero) is 1. The zero-order chi connectivity index (χ0) is 19.7. The summed E-state index contributed by atoms with van der Waals surface area (Å²) in [6.07, 6.45) is -4.51. The van der Waals surface area contributed by atoms with E-state index in [0.717, 1.165) is 12.1 Å². The molecule has 0 radical (unpaired) electrons. The molecule has 4 rings (SSSR count). The number of urea groups is 1. The van der Waals surface area contributed by atoms with Gasteiger partial charge in [0, 0.05) is 12.6 Å². The van der Waals surface area contributed by atoms with Gasteiger partial charge in [0.05, 0.1) is 22.9 Å². The van der Waals surface area contributed by atoms with E-state index in [-0.39, 0.29) is 18.0 Å². The highest BCUT2D eigenvalue weighted by Gasteiger charge is 2.68. The van der Waals surface area contributed by atoms with Crippen LogP contribution in [0.15, 0.2) is 18.2 Å². The maximum absolute atomic E-state index is 13.2. The fraction of sp³-hybridized carbons (Fsp3) is 0.412. The van der Waals surface area contributed by atoms with Crippen LogP contribution in [0.1, 0.15) is 24.5 Å². The van der Waals surface area contributed by atoms with Gasteiger partial charge in [-0.25, -0.2) is 9.69 Å². The summed E-state index contributed by atoms with van der Waals surface area (Å²) >= 11 is 0. The van der Waals surface area contributed by atoms with Gasteiger partial charge in [0.25, 0.3) is 5.91 Å². The number of carbonyl (C=O) groups excluding carboxylic acids is 3. The number of amides is 3. The number of fused-ring (bicyclic) bond motifs is 5. The Kier molecular flexibility index (Phi) is 3.43. The maximum Gasteiger partial charge on any atom is 0.417 e. The minimum Gasteiger partial charge on any atom is -0.308 e. The van der Waals surface area contributed by atoms with Gasteiger partial charge < -0.3 is 5.32 Å². The molecule has 3 atom stereocenters. The van der Waals surface area contributed by atoms with Gasteiger partial charge in [0.15, 0.2) is 5.78 Å². The van der Waals surface area contributed by atoms with Crippen molar-refractivity contribution in [2.45, 2.75) is 37.1 Å². The first-order valence-electron chi connectivity index (χ1n) is 8.15. The Labute approximate surface area is 151 Å². The van der Waals surface area contributed by atoms with Gasteiger partial charge in [-0.15, -0.1) is 0 Å². The van der Waals surface area contributed by atoms with Crippen molar-refractivity contribution in [2.75, 3.05) is 11.4 Å². The van der Waals surface area contributed by atoms with Crippen LogP contribution < -0.4 is 10.2 Å². The molecule has 0 aliphatic carbocycles. The summed E-state index contributed by atoms with van der Waals surface area (Å²) in [7, 11) is 0. The Hall–Kier alpha value is -2.93. The van der Waals surface area contributed by atoms with Crippen LogP contribution in [0.4, 0.5) is 23.7 Å². The summed E-state index contributed by atoms with van der Waals surface area (Å²) in [6, 6.07) is 1.96. The number of carbonyl (C=O) groups is 3. The smallest absolute Gasteiger partial charge is 0.308 e. The highest BCUT2D eigenvalue weighted by atomic mass is 19.4. The first-order valence-corrected chi connectivity index (χ1v) is 8.15. The molecule has 1 aromatic rings. The van der Waals surface area contributed by atoms with Gasteiger partial charge in [-0.05, 0) is 31.5 Å². The zero-order valence-corrected chi connectivity index (χ0v) is 14.0. The van der Waals surface area contributed by atoms with E-state index in [1.807, 2.05) is 0 Å². The lowest BCUT2D eigenvalue weighted by Gasteiger charge is -2.35. The third kappa shape index (κ3) is 2.15. The number of imide groups is 1. The standard InChI is InChI=1S/C17H13F3N4O3/c1-8(25)16-5-12(22-7-16)13-14(26)23(15(27)24(13)16)10-3-2-9(6-21)11(4-10)17(18,19)20/h2-4,12-13,22H,5,7H2,1H3. The maximum atomic E-state index is 13.2. The summed E-state index contributed by atoms with van der Waals surface area (Å²) in [5, 5.41) is 11.9. The lowest BCUT2D eigenvalue weighted by atomic mass is 9.94. The number of ketones is 1. The van der Waals surface area contributed by atoms with E-state index in [2.05, 4.69) is 5.32 Å². The number of hydrogen-bond acceptors (Lipinski definition) is 5. The first kappa shape index (κ1) is 17.5. The van der Waals surface area contributed by atoms with E-state index in [4.69, 9.17) is 5.26 Å². The van der Waals surface area contributed by atoms with Crippen molar-refractivity contribution in [1.29, 1.82) is 5.26 Å². The number of nitrogens with one attached hydrogen (secondary N) is 1. The number of piperazine rings is 1. The van der Waals surface area contributed by atoms with Crippen LogP contribution >= 0.6 is 0 Å². The van der Waals surface area contributed by atoms with Crippen LogP contribution in [-0.2, 0) is 15.8 Å². The number of benzene rings is 1. The molecule has 0 spiro atoms. The molecule has 1 N–H and O–H groups in total. The van der Waals surface area contributed by atoms with Crippen molar-refractivity contribution < 1.29 is 27.6 Å². The summed E-state index contributed by atoms with van der Waals surface area (Å²) in [5.74, 6) is -0.961. The minimum atomic E-state index is -4.82. The summed E-state index contributed by atoms with van der Waals surface area (Å²) in [6.45, 7) is 1.54. The molecule has 1 aromatic carbocycles. The molecular formula is C17H13F3N4O3. The number of nitrogens with zero attached hydrogens (tertiary/aromatic N) is 3. The highest BCUT2D eigenvalue weighted by Crippen LogP contribution is 2.46. The lowest BCUT2D eigenvalue weighted by molar-refractivity contribution is -0.137. The van der Waals surface area contributed by atoms with Crippen LogP contribution in [0, 0.1) is 11.3 Å². The molecule has 27 heavy (non-hydrogen) atoms. The fourth-order valence-corrected chi connectivity index (χ4v) is 4.26. The number of anilines is 1. The fourth-order valence-electron chi connectivity index (χ4n) is 4.26. The van der Waals surface area contributed by atoms with E-state index in [0.29, 0.717) is 17.4 Å². The molecule has 3 heterocycles. The number of hydrogen-bond donors (Lipinski definition) is 1. The monoisotopic (exact) mass is 378 g/mol. The van der Waals surface area contributed by atoms with Gasteiger partial charge in [-0.2, -0.15) is 18.4 Å². The van der Waals surface area contributed by atoms with Gasteiger partial charge in [-0.3, -0.25) is 14.5 Å². The van der Waals surface area contributed by atoms with E-state index >= 15 is 0 Å². The Morgan fingerprint density at radius 3 is 2.67 bits per heavy atom. The molecule has 3 saturated heterocycles. The van der Waals surface area contributed by atoms with Crippen LogP contribution in [0.3, 0.4) is 0 Å². The molecule has 0 aromatic heterocycles. The molecular weight excluding hydrogens is 365 g/mol. The number of nitriles is 1. The molecule has 7 nitrogen and oxygen atoms in total. The first-order chi connectivity index (χ1) is 12.6. The summed E-state index contributed by atoms with van der Waals surface area (Å²) in [5.41, 5.74) is -3.26. The van der Waals surface area contributed by atoms with E-state index in [1.165, 1.54) is 17.9 Å². The minimum absolute atomic E-state index is 0.206.